The number of rotatable bonds is 5. The number of anilines is 1. The van der Waals surface area contributed by atoms with E-state index in [9.17, 15) is 0 Å². The predicted octanol–water partition coefficient (Wildman–Crippen LogP) is 1.81. The number of piperidine rings is 1. The average molecular weight is 300 g/mol. The second kappa shape index (κ2) is 6.00. The highest BCUT2D eigenvalue weighted by Gasteiger charge is 2.29. The Morgan fingerprint density at radius 1 is 1.18 bits per heavy atom. The first-order valence-electron chi connectivity index (χ1n) is 7.94. The Labute approximate surface area is 129 Å². The summed E-state index contributed by atoms with van der Waals surface area (Å²) in [4.78, 5) is 10.5. The molecule has 116 valence electrons. The molecule has 22 heavy (non-hydrogen) atoms. The lowest BCUT2D eigenvalue weighted by atomic mass is 10.1. The number of hydrogen-bond acceptors (Lipinski definition) is 7. The summed E-state index contributed by atoms with van der Waals surface area (Å²) >= 11 is 0. The highest BCUT2D eigenvalue weighted by Crippen LogP contribution is 2.39. The van der Waals surface area contributed by atoms with E-state index in [-0.39, 0.29) is 0 Å². The van der Waals surface area contributed by atoms with E-state index in [1.807, 2.05) is 6.07 Å². The van der Waals surface area contributed by atoms with E-state index in [0.29, 0.717) is 12.0 Å². The fraction of sp³-hybridized carbons (Fsp3) is 0.600. The maximum absolute atomic E-state index is 5.74. The zero-order valence-corrected chi connectivity index (χ0v) is 12.5. The number of likely N-dealkylation sites (tertiary alicyclic amines) is 1. The molecule has 1 aliphatic carbocycles. The zero-order chi connectivity index (χ0) is 14.8. The Morgan fingerprint density at radius 2 is 2.05 bits per heavy atom. The van der Waals surface area contributed by atoms with Gasteiger partial charge in [0.1, 0.15) is 12.1 Å². The van der Waals surface area contributed by atoms with E-state index in [1.54, 1.807) is 12.5 Å². The van der Waals surface area contributed by atoms with Crippen LogP contribution in [-0.2, 0) is 6.54 Å². The Kier molecular flexibility index (Phi) is 3.72. The molecule has 0 atom stereocenters. The maximum Gasteiger partial charge on any atom is 0.230 e. The van der Waals surface area contributed by atoms with Crippen LogP contribution in [0.3, 0.4) is 0 Å². The Morgan fingerprint density at radius 3 is 2.77 bits per heavy atom. The van der Waals surface area contributed by atoms with Crippen LogP contribution in [0.4, 0.5) is 5.82 Å². The molecule has 1 N–H and O–H groups in total. The third-order valence-electron chi connectivity index (χ3n) is 4.29. The summed E-state index contributed by atoms with van der Waals surface area (Å²) in [6.07, 6.45) is 7.91. The lowest BCUT2D eigenvalue weighted by molar-refractivity contribution is 0.192. The summed E-state index contributed by atoms with van der Waals surface area (Å²) in [5, 5.41) is 11.8. The molecule has 2 aliphatic rings. The van der Waals surface area contributed by atoms with E-state index in [4.69, 9.17) is 4.42 Å². The van der Waals surface area contributed by atoms with Crippen molar-refractivity contribution in [2.75, 3.05) is 18.4 Å². The molecule has 0 spiro atoms. The van der Waals surface area contributed by atoms with Gasteiger partial charge in [-0.25, -0.2) is 9.97 Å². The van der Waals surface area contributed by atoms with Crippen molar-refractivity contribution in [3.63, 3.8) is 0 Å². The molecule has 0 radical (unpaired) electrons. The Bertz CT molecular complexity index is 604. The smallest absolute Gasteiger partial charge is 0.230 e. The standard InChI is InChI=1S/C15H20N6O/c1-2-11(1)15-20-19-14(22-15)9-21-7-4-12(5-8-21)18-13-3-6-16-10-17-13/h3,6,10-12H,1-2,4-5,7-9H2,(H,16,17,18). The van der Waals surface area contributed by atoms with Crippen LogP contribution in [0.1, 0.15) is 43.4 Å². The van der Waals surface area contributed by atoms with Gasteiger partial charge in [-0.15, -0.1) is 10.2 Å². The molecule has 7 nitrogen and oxygen atoms in total. The number of nitrogens with zero attached hydrogens (tertiary/aromatic N) is 5. The molecule has 0 unspecified atom stereocenters. The minimum absolute atomic E-state index is 0.468. The van der Waals surface area contributed by atoms with E-state index >= 15 is 0 Å². The van der Waals surface area contributed by atoms with Crippen molar-refractivity contribution in [2.24, 2.45) is 0 Å². The van der Waals surface area contributed by atoms with E-state index in [2.05, 4.69) is 30.4 Å². The summed E-state index contributed by atoms with van der Waals surface area (Å²) in [5.41, 5.74) is 0. The number of nitrogens with one attached hydrogen (secondary N) is 1. The van der Waals surface area contributed by atoms with Gasteiger partial charge in [0.2, 0.25) is 11.8 Å². The molecule has 4 rings (SSSR count). The lowest BCUT2D eigenvalue weighted by Gasteiger charge is -2.31. The van der Waals surface area contributed by atoms with Gasteiger partial charge in [-0.2, -0.15) is 0 Å². The fourth-order valence-electron chi connectivity index (χ4n) is 2.84. The second-order valence-corrected chi connectivity index (χ2v) is 6.10. The molecular weight excluding hydrogens is 280 g/mol. The van der Waals surface area contributed by atoms with Crippen molar-refractivity contribution in [1.29, 1.82) is 0 Å². The summed E-state index contributed by atoms with van der Waals surface area (Å²) < 4.78 is 5.74. The number of aromatic nitrogens is 4. The topological polar surface area (TPSA) is 80.0 Å². The molecule has 0 bridgehead atoms. The molecule has 3 heterocycles. The highest BCUT2D eigenvalue weighted by atomic mass is 16.4. The van der Waals surface area contributed by atoms with Gasteiger partial charge in [0.25, 0.3) is 0 Å². The number of hydrogen-bond donors (Lipinski definition) is 1. The second-order valence-electron chi connectivity index (χ2n) is 6.10. The predicted molar refractivity (Wildman–Crippen MR) is 80.2 cm³/mol. The molecule has 2 aromatic rings. The molecular formula is C15H20N6O. The van der Waals surface area contributed by atoms with Gasteiger partial charge in [0.15, 0.2) is 0 Å². The summed E-state index contributed by atoms with van der Waals surface area (Å²) in [6, 6.07) is 2.38. The minimum atomic E-state index is 0.468. The third-order valence-corrected chi connectivity index (χ3v) is 4.29. The van der Waals surface area contributed by atoms with Crippen LogP contribution < -0.4 is 5.32 Å². The molecule has 1 saturated heterocycles. The normalized spacial score (nSPS) is 20.2. The van der Waals surface area contributed by atoms with E-state index < -0.39 is 0 Å². The van der Waals surface area contributed by atoms with Crippen molar-refractivity contribution < 1.29 is 4.42 Å². The molecule has 2 aromatic heterocycles. The third kappa shape index (κ3) is 3.24. The van der Waals surface area contributed by atoms with Crippen molar-refractivity contribution in [3.05, 3.63) is 30.4 Å². The van der Waals surface area contributed by atoms with Gasteiger partial charge >= 0.3 is 0 Å². The van der Waals surface area contributed by atoms with Gasteiger partial charge in [-0.3, -0.25) is 4.90 Å². The fourth-order valence-corrected chi connectivity index (χ4v) is 2.84. The molecule has 2 fully saturated rings. The van der Waals surface area contributed by atoms with Gasteiger partial charge in [-0.05, 0) is 31.7 Å². The molecule has 7 heteroatoms. The molecule has 1 aliphatic heterocycles. The Balaban J connectivity index is 1.26. The van der Waals surface area contributed by atoms with Crippen molar-refractivity contribution in [3.8, 4) is 0 Å². The first-order chi connectivity index (χ1) is 10.9. The molecule has 0 aromatic carbocycles. The molecule has 1 saturated carbocycles. The van der Waals surface area contributed by atoms with Gasteiger partial charge in [0, 0.05) is 31.2 Å². The van der Waals surface area contributed by atoms with Crippen molar-refractivity contribution >= 4 is 5.82 Å². The first kappa shape index (κ1) is 13.6. The van der Waals surface area contributed by atoms with Crippen LogP contribution in [0.25, 0.3) is 0 Å². The Hall–Kier alpha value is -2.02. The first-order valence-corrected chi connectivity index (χ1v) is 7.94. The maximum atomic E-state index is 5.74. The summed E-state index contributed by atoms with van der Waals surface area (Å²) in [6.45, 7) is 2.83. The van der Waals surface area contributed by atoms with Gasteiger partial charge in [0.05, 0.1) is 6.54 Å². The van der Waals surface area contributed by atoms with Crippen LogP contribution >= 0.6 is 0 Å². The van der Waals surface area contributed by atoms with Crippen LogP contribution in [0.5, 0.6) is 0 Å². The summed E-state index contributed by atoms with van der Waals surface area (Å²) in [5.74, 6) is 3.02. The van der Waals surface area contributed by atoms with E-state index in [0.717, 1.165) is 50.1 Å². The zero-order valence-electron chi connectivity index (χ0n) is 12.5. The SMILES string of the molecule is c1cc(NC2CCN(Cc3nnc(C4CC4)o3)CC2)ncn1. The average Bonchev–Trinajstić information content (AvgIpc) is 3.30. The summed E-state index contributed by atoms with van der Waals surface area (Å²) in [7, 11) is 0. The van der Waals surface area contributed by atoms with Crippen LogP contribution in [0, 0.1) is 0 Å². The quantitative estimate of drug-likeness (QED) is 0.902. The largest absolute Gasteiger partial charge is 0.424 e. The highest BCUT2D eigenvalue weighted by molar-refractivity contribution is 5.33. The van der Waals surface area contributed by atoms with Gasteiger partial charge < -0.3 is 9.73 Å². The molecule has 0 amide bonds. The van der Waals surface area contributed by atoms with E-state index in [1.165, 1.54) is 12.8 Å². The van der Waals surface area contributed by atoms with Crippen molar-refractivity contribution in [1.82, 2.24) is 25.1 Å². The van der Waals surface area contributed by atoms with Crippen LogP contribution in [0.15, 0.2) is 23.0 Å². The van der Waals surface area contributed by atoms with Crippen LogP contribution in [0.2, 0.25) is 0 Å². The minimum Gasteiger partial charge on any atom is -0.424 e. The monoisotopic (exact) mass is 300 g/mol. The van der Waals surface area contributed by atoms with Gasteiger partial charge in [-0.1, -0.05) is 0 Å². The van der Waals surface area contributed by atoms with Crippen LogP contribution in [-0.4, -0.2) is 44.2 Å². The van der Waals surface area contributed by atoms with Crippen molar-refractivity contribution in [2.45, 2.75) is 44.2 Å². The lowest BCUT2D eigenvalue weighted by Crippen LogP contribution is -2.38.